The minimum absolute atomic E-state index is 0.0290. The summed E-state index contributed by atoms with van der Waals surface area (Å²) in [4.78, 5) is 17.6. The normalized spacial score (nSPS) is 12.7. The molecule has 0 spiro atoms. The van der Waals surface area contributed by atoms with Gasteiger partial charge in [-0.2, -0.15) is 9.78 Å². The van der Waals surface area contributed by atoms with Gasteiger partial charge in [0, 0.05) is 22.0 Å². The molecule has 6 nitrogen and oxygen atoms in total. The van der Waals surface area contributed by atoms with Crippen molar-refractivity contribution in [2.75, 3.05) is 0 Å². The fourth-order valence-corrected chi connectivity index (χ4v) is 2.90. The van der Waals surface area contributed by atoms with E-state index >= 15 is 0 Å². The van der Waals surface area contributed by atoms with Gasteiger partial charge in [0.15, 0.2) is 0 Å². The Morgan fingerprint density at radius 2 is 2.04 bits per heavy atom. The Morgan fingerprint density at radius 1 is 1.27 bits per heavy atom. The first-order valence-electron chi connectivity index (χ1n) is 8.19. The molecule has 2 aromatic carbocycles. The highest BCUT2D eigenvalue weighted by molar-refractivity contribution is 9.10. The molecule has 0 saturated carbocycles. The number of halogens is 1. The zero-order valence-corrected chi connectivity index (χ0v) is 15.9. The van der Waals surface area contributed by atoms with Crippen molar-refractivity contribution < 1.29 is 10.2 Å². The van der Waals surface area contributed by atoms with E-state index < -0.39 is 0 Å². The number of hydrogen-bond acceptors (Lipinski definition) is 5. The number of fused-ring (bicyclic) bond motifs is 1. The maximum absolute atomic E-state index is 13.0. The third-order valence-corrected chi connectivity index (χ3v) is 4.71. The van der Waals surface area contributed by atoms with Gasteiger partial charge in [-0.1, -0.05) is 29.8 Å². The summed E-state index contributed by atoms with van der Waals surface area (Å²) < 4.78 is 2.06. The minimum Gasteiger partial charge on any atom is -0.508 e. The fourth-order valence-electron chi connectivity index (χ4n) is 2.54. The van der Waals surface area contributed by atoms with Gasteiger partial charge in [0.2, 0.25) is 0 Å². The second kappa shape index (κ2) is 7.29. The highest BCUT2D eigenvalue weighted by Gasteiger charge is 2.15. The SMILES string of the molecule is CC[C@H](C)c1nc2ccc(Br)cc2c(=O)n1N=Cc1ccc(O)cc1O. The molecule has 3 aromatic rings. The summed E-state index contributed by atoms with van der Waals surface area (Å²) in [5, 5.41) is 24.0. The van der Waals surface area contributed by atoms with E-state index in [-0.39, 0.29) is 23.0 Å². The molecule has 26 heavy (non-hydrogen) atoms. The molecule has 134 valence electrons. The first-order valence-corrected chi connectivity index (χ1v) is 8.98. The second-order valence-corrected chi connectivity index (χ2v) is 6.96. The Hall–Kier alpha value is -2.67. The summed E-state index contributed by atoms with van der Waals surface area (Å²) in [7, 11) is 0. The quantitative estimate of drug-likeness (QED) is 0.631. The van der Waals surface area contributed by atoms with E-state index in [1.165, 1.54) is 29.1 Å². The van der Waals surface area contributed by atoms with Gasteiger partial charge in [0.1, 0.15) is 17.3 Å². The summed E-state index contributed by atoms with van der Waals surface area (Å²) in [6, 6.07) is 9.54. The molecule has 0 aliphatic rings. The number of phenolic OH excluding ortho intramolecular Hbond substituents is 2. The van der Waals surface area contributed by atoms with Crippen molar-refractivity contribution in [1.82, 2.24) is 9.66 Å². The molecule has 7 heteroatoms. The van der Waals surface area contributed by atoms with Crippen LogP contribution in [0.1, 0.15) is 37.6 Å². The van der Waals surface area contributed by atoms with Crippen LogP contribution in [0.4, 0.5) is 0 Å². The van der Waals surface area contributed by atoms with E-state index in [2.05, 4.69) is 26.0 Å². The van der Waals surface area contributed by atoms with Gasteiger partial charge in [0.25, 0.3) is 5.56 Å². The zero-order chi connectivity index (χ0) is 18.8. The highest BCUT2D eigenvalue weighted by Crippen LogP contribution is 2.22. The summed E-state index contributed by atoms with van der Waals surface area (Å²) >= 11 is 3.37. The van der Waals surface area contributed by atoms with Crippen LogP contribution in [-0.4, -0.2) is 26.1 Å². The van der Waals surface area contributed by atoms with Crippen LogP contribution in [-0.2, 0) is 0 Å². The molecule has 1 heterocycles. The highest BCUT2D eigenvalue weighted by atomic mass is 79.9. The molecule has 0 amide bonds. The molecule has 0 unspecified atom stereocenters. The van der Waals surface area contributed by atoms with Crippen LogP contribution >= 0.6 is 15.9 Å². The predicted molar refractivity (Wildman–Crippen MR) is 105 cm³/mol. The van der Waals surface area contributed by atoms with Gasteiger partial charge in [-0.05, 0) is 36.8 Å². The van der Waals surface area contributed by atoms with Gasteiger partial charge >= 0.3 is 0 Å². The fraction of sp³-hybridized carbons (Fsp3) is 0.211. The van der Waals surface area contributed by atoms with E-state index in [1.807, 2.05) is 19.9 Å². The smallest absolute Gasteiger partial charge is 0.282 e. The third-order valence-electron chi connectivity index (χ3n) is 4.21. The molecule has 0 fully saturated rings. The Kier molecular flexibility index (Phi) is 5.08. The van der Waals surface area contributed by atoms with Crippen molar-refractivity contribution >= 4 is 33.0 Å². The Labute approximate surface area is 158 Å². The molecule has 0 radical (unpaired) electrons. The topological polar surface area (TPSA) is 87.7 Å². The van der Waals surface area contributed by atoms with Gasteiger partial charge in [0.05, 0.1) is 17.1 Å². The number of aromatic nitrogens is 2. The number of aromatic hydroxyl groups is 2. The molecular weight excluding hydrogens is 398 g/mol. The largest absolute Gasteiger partial charge is 0.508 e. The lowest BCUT2D eigenvalue weighted by Crippen LogP contribution is -2.23. The van der Waals surface area contributed by atoms with E-state index in [0.717, 1.165) is 10.9 Å². The lowest BCUT2D eigenvalue weighted by molar-refractivity contribution is 0.450. The Balaban J connectivity index is 2.20. The lowest BCUT2D eigenvalue weighted by Gasteiger charge is -2.14. The summed E-state index contributed by atoms with van der Waals surface area (Å²) in [5.41, 5.74) is 0.729. The Morgan fingerprint density at radius 3 is 2.73 bits per heavy atom. The Bertz CT molecular complexity index is 1060. The number of hydrogen-bond donors (Lipinski definition) is 2. The number of rotatable bonds is 4. The van der Waals surface area contributed by atoms with Crippen LogP contribution < -0.4 is 5.56 Å². The summed E-state index contributed by atoms with van der Waals surface area (Å²) in [5.74, 6) is 0.417. The molecular formula is C19H18BrN3O3. The van der Waals surface area contributed by atoms with E-state index in [4.69, 9.17) is 0 Å². The maximum atomic E-state index is 13.0. The van der Waals surface area contributed by atoms with Crippen LogP contribution in [0.3, 0.4) is 0 Å². The first kappa shape index (κ1) is 18.1. The summed E-state index contributed by atoms with van der Waals surface area (Å²) in [6.07, 6.45) is 2.18. The molecule has 0 bridgehead atoms. The average Bonchev–Trinajstić information content (AvgIpc) is 2.62. The number of benzene rings is 2. The number of nitrogens with zero attached hydrogens (tertiary/aromatic N) is 3. The lowest BCUT2D eigenvalue weighted by atomic mass is 10.1. The summed E-state index contributed by atoms with van der Waals surface area (Å²) in [6.45, 7) is 4.00. The van der Waals surface area contributed by atoms with E-state index in [0.29, 0.717) is 22.3 Å². The van der Waals surface area contributed by atoms with E-state index in [9.17, 15) is 15.0 Å². The van der Waals surface area contributed by atoms with Crippen LogP contribution in [0.5, 0.6) is 11.5 Å². The van der Waals surface area contributed by atoms with Crippen molar-refractivity contribution in [2.45, 2.75) is 26.2 Å². The molecule has 0 aliphatic heterocycles. The first-order chi connectivity index (χ1) is 12.4. The van der Waals surface area contributed by atoms with Gasteiger partial charge < -0.3 is 10.2 Å². The molecule has 0 aliphatic carbocycles. The van der Waals surface area contributed by atoms with E-state index in [1.54, 1.807) is 12.1 Å². The second-order valence-electron chi connectivity index (χ2n) is 6.05. The average molecular weight is 416 g/mol. The standard InChI is InChI=1S/C19H18BrN3O3/c1-3-11(2)18-22-16-7-5-13(20)8-15(16)19(26)23(18)21-10-12-4-6-14(24)9-17(12)25/h4-11,24-25H,3H2,1-2H3/t11-/m0/s1. The minimum atomic E-state index is -0.277. The van der Waals surface area contributed by atoms with Gasteiger partial charge in [-0.3, -0.25) is 4.79 Å². The van der Waals surface area contributed by atoms with Crippen molar-refractivity contribution in [2.24, 2.45) is 5.10 Å². The molecule has 3 rings (SSSR count). The molecule has 1 aromatic heterocycles. The number of phenols is 2. The molecule has 0 saturated heterocycles. The van der Waals surface area contributed by atoms with Gasteiger partial charge in [-0.15, -0.1) is 0 Å². The maximum Gasteiger partial charge on any atom is 0.282 e. The van der Waals surface area contributed by atoms with Crippen LogP contribution in [0.2, 0.25) is 0 Å². The molecule has 1 atom stereocenters. The van der Waals surface area contributed by atoms with Crippen molar-refractivity contribution in [3.63, 3.8) is 0 Å². The van der Waals surface area contributed by atoms with Crippen molar-refractivity contribution in [1.29, 1.82) is 0 Å². The monoisotopic (exact) mass is 415 g/mol. The third kappa shape index (κ3) is 3.48. The van der Waals surface area contributed by atoms with Crippen molar-refractivity contribution in [3.8, 4) is 11.5 Å². The van der Waals surface area contributed by atoms with Crippen LogP contribution in [0.25, 0.3) is 10.9 Å². The zero-order valence-electron chi connectivity index (χ0n) is 14.3. The van der Waals surface area contributed by atoms with Gasteiger partial charge in [-0.25, -0.2) is 4.98 Å². The predicted octanol–water partition coefficient (Wildman–Crippen LogP) is 3.97. The molecule has 2 N–H and O–H groups in total. The van der Waals surface area contributed by atoms with Crippen molar-refractivity contribution in [3.05, 3.63) is 62.6 Å². The van der Waals surface area contributed by atoms with Crippen LogP contribution in [0, 0.1) is 0 Å². The van der Waals surface area contributed by atoms with Crippen LogP contribution in [0.15, 0.2) is 50.8 Å².